The summed E-state index contributed by atoms with van der Waals surface area (Å²) >= 11 is 5.94. The third kappa shape index (κ3) is 5.16. The molecule has 0 aromatic heterocycles. The Morgan fingerprint density at radius 3 is 2.34 bits per heavy atom. The Morgan fingerprint density at radius 2 is 1.75 bits per heavy atom. The van der Waals surface area contributed by atoms with E-state index < -0.39 is 42.3 Å². The van der Waals surface area contributed by atoms with Gasteiger partial charge >= 0.3 is 10.3 Å². The molecule has 1 atom stereocenters. The van der Waals surface area contributed by atoms with Crippen LogP contribution in [0, 0.1) is 11.6 Å². The second-order valence-electron chi connectivity index (χ2n) is 7.62. The molecule has 2 aromatic rings. The Hall–Kier alpha value is -1.56. The first kappa shape index (κ1) is 25.1. The molecule has 3 rings (SSSR count). The van der Waals surface area contributed by atoms with E-state index in [0.29, 0.717) is 9.92 Å². The van der Waals surface area contributed by atoms with Crippen LogP contribution in [0.4, 0.5) is 8.78 Å². The topological polar surface area (TPSA) is 92.7 Å². The number of benzene rings is 2. The van der Waals surface area contributed by atoms with Gasteiger partial charge in [0.15, 0.2) is 0 Å². The van der Waals surface area contributed by atoms with Crippen molar-refractivity contribution in [2.24, 2.45) is 0 Å². The summed E-state index contributed by atoms with van der Waals surface area (Å²) in [5.74, 6) is 2.56. The number of aliphatic hydroxyl groups excluding tert-OH is 1. The molecule has 1 aliphatic carbocycles. The lowest BCUT2D eigenvalue weighted by Crippen LogP contribution is -2.43. The van der Waals surface area contributed by atoms with Crippen LogP contribution in [0.25, 0.3) is 0 Å². The Morgan fingerprint density at radius 1 is 1.12 bits per heavy atom. The zero-order valence-electron chi connectivity index (χ0n) is 17.1. The van der Waals surface area contributed by atoms with Crippen molar-refractivity contribution in [1.82, 2.24) is 4.72 Å². The van der Waals surface area contributed by atoms with Crippen LogP contribution >= 0.6 is 11.6 Å². The van der Waals surface area contributed by atoms with Crippen LogP contribution in [-0.2, 0) is 28.8 Å². The van der Waals surface area contributed by atoms with Crippen LogP contribution in [0.15, 0.2) is 47.4 Å². The molecular formula is C21H24ClF2NO5S2. The third-order valence-electron chi connectivity index (χ3n) is 5.64. The van der Waals surface area contributed by atoms with Crippen molar-refractivity contribution < 1.29 is 30.7 Å². The number of hydrogen-bond acceptors (Lipinski definition) is 5. The van der Waals surface area contributed by atoms with E-state index in [9.17, 15) is 21.4 Å². The van der Waals surface area contributed by atoms with Crippen LogP contribution in [-0.4, -0.2) is 42.9 Å². The highest BCUT2D eigenvalue weighted by Crippen LogP contribution is 2.48. The summed E-state index contributed by atoms with van der Waals surface area (Å²) < 4.78 is 73.0. The van der Waals surface area contributed by atoms with Gasteiger partial charge in [-0.15, -0.1) is 0 Å². The van der Waals surface area contributed by atoms with E-state index in [1.54, 1.807) is 24.3 Å². The quantitative estimate of drug-likeness (QED) is 0.534. The lowest BCUT2D eigenvalue weighted by molar-refractivity contribution is 0.141. The maximum Gasteiger partial charge on any atom is 0.336 e. The molecule has 0 bridgehead atoms. The number of nitrogens with one attached hydrogen (secondary N) is 1. The smallest absolute Gasteiger partial charge is 0.336 e. The molecule has 11 heteroatoms. The summed E-state index contributed by atoms with van der Waals surface area (Å²) in [6.07, 6.45) is -0.403. The van der Waals surface area contributed by atoms with Gasteiger partial charge in [0.1, 0.15) is 11.6 Å². The fourth-order valence-corrected chi connectivity index (χ4v) is 7.56. The Labute approximate surface area is 191 Å². The molecule has 1 saturated carbocycles. The third-order valence-corrected chi connectivity index (χ3v) is 9.90. The van der Waals surface area contributed by atoms with Crippen LogP contribution in [0.3, 0.4) is 0 Å². The predicted octanol–water partition coefficient (Wildman–Crippen LogP) is 3.37. The molecule has 2 aromatic carbocycles. The van der Waals surface area contributed by atoms with Crippen molar-refractivity contribution in [2.45, 2.75) is 41.4 Å². The van der Waals surface area contributed by atoms with Gasteiger partial charge in [-0.1, -0.05) is 11.6 Å². The van der Waals surface area contributed by atoms with E-state index in [4.69, 9.17) is 20.9 Å². The summed E-state index contributed by atoms with van der Waals surface area (Å²) in [6.45, 7) is -0.587. The molecule has 0 heterocycles. The molecule has 1 unspecified atom stereocenters. The first-order valence-corrected chi connectivity index (χ1v) is 13.4. The van der Waals surface area contributed by atoms with Crippen molar-refractivity contribution in [2.75, 3.05) is 13.2 Å². The molecule has 32 heavy (non-hydrogen) atoms. The maximum atomic E-state index is 14.9. The molecule has 1 aliphatic rings. The van der Waals surface area contributed by atoms with Gasteiger partial charge in [0, 0.05) is 31.5 Å². The first-order chi connectivity index (χ1) is 15.0. The number of aliphatic hydroxyl groups is 1. The predicted molar refractivity (Wildman–Crippen MR) is 120 cm³/mol. The molecule has 1 fully saturated rings. The van der Waals surface area contributed by atoms with Gasteiger partial charge in [0.05, 0.1) is 17.5 Å². The van der Waals surface area contributed by atoms with E-state index in [0.717, 1.165) is 18.2 Å². The zero-order chi connectivity index (χ0) is 23.6. The summed E-state index contributed by atoms with van der Waals surface area (Å²) in [5.41, 5.74) is -0.0628. The van der Waals surface area contributed by atoms with E-state index in [1.807, 2.05) is 0 Å². The van der Waals surface area contributed by atoms with Gasteiger partial charge in [0.25, 0.3) is 0 Å². The van der Waals surface area contributed by atoms with Gasteiger partial charge < -0.3 is 5.11 Å². The Kier molecular flexibility index (Phi) is 7.63. The highest BCUT2D eigenvalue weighted by Gasteiger charge is 2.47. The van der Waals surface area contributed by atoms with Crippen LogP contribution in [0.5, 0.6) is 0 Å². The van der Waals surface area contributed by atoms with Crippen LogP contribution in [0.1, 0.15) is 31.2 Å². The monoisotopic (exact) mass is 507 g/mol. The molecule has 176 valence electrons. The molecule has 0 aliphatic heterocycles. The van der Waals surface area contributed by atoms with Gasteiger partial charge in [0.2, 0.25) is 0 Å². The minimum Gasteiger partial charge on any atom is -0.395 e. The van der Waals surface area contributed by atoms with E-state index >= 15 is 0 Å². The van der Waals surface area contributed by atoms with Crippen molar-refractivity contribution >= 4 is 37.3 Å². The molecule has 6 nitrogen and oxygen atoms in total. The van der Waals surface area contributed by atoms with Gasteiger partial charge in [-0.25, -0.2) is 8.78 Å². The zero-order valence-corrected chi connectivity index (χ0v) is 19.5. The highest BCUT2D eigenvalue weighted by molar-refractivity contribution is 8.01. The summed E-state index contributed by atoms with van der Waals surface area (Å²) in [7, 11) is -7.33. The van der Waals surface area contributed by atoms with Gasteiger partial charge in [-0.05, 0) is 74.0 Å². The number of hydrogen-bond donors (Lipinski definition) is 2. The van der Waals surface area contributed by atoms with Crippen LogP contribution in [0.2, 0.25) is 5.02 Å². The molecule has 0 radical (unpaired) electrons. The summed E-state index contributed by atoms with van der Waals surface area (Å²) in [6, 6.07) is 9.17. The lowest BCUT2D eigenvalue weighted by atomic mass is 9.81. The molecule has 0 saturated heterocycles. The van der Waals surface area contributed by atoms with Crippen LogP contribution < -0.4 is 4.72 Å². The average molecular weight is 508 g/mol. The first-order valence-electron chi connectivity index (χ1n) is 9.87. The van der Waals surface area contributed by atoms with E-state index in [1.165, 1.54) is 0 Å². The number of rotatable bonds is 8. The van der Waals surface area contributed by atoms with E-state index in [-0.39, 0.29) is 44.4 Å². The van der Waals surface area contributed by atoms with Crippen molar-refractivity contribution in [3.05, 3.63) is 64.7 Å². The van der Waals surface area contributed by atoms with Gasteiger partial charge in [-0.2, -0.15) is 13.1 Å². The fourth-order valence-electron chi connectivity index (χ4n) is 4.04. The molecule has 2 N–H and O–H groups in total. The largest absolute Gasteiger partial charge is 0.395 e. The second-order valence-corrected chi connectivity index (χ2v) is 12.0. The standard InChI is InChI=1S/C21H24ClF2NO5S2/c1-31(27,18-5-2-15(22)3-6-18)21(19-14-16(23)4-7-20(19)24)10-8-17(9-11-21)30-32(28,29)25-12-13-26/h2-7,14,17,25-26H,1,8-13H2. The Balaban J connectivity index is 1.99. The van der Waals surface area contributed by atoms with Gasteiger partial charge in [-0.3, -0.25) is 8.39 Å². The van der Waals surface area contributed by atoms with Crippen molar-refractivity contribution in [3.63, 3.8) is 0 Å². The summed E-state index contributed by atoms with van der Waals surface area (Å²) in [5, 5.41) is 9.22. The molecule has 0 amide bonds. The maximum absolute atomic E-state index is 14.9. The average Bonchev–Trinajstić information content (AvgIpc) is 2.75. The SMILES string of the molecule is C=S(=O)(c1ccc(Cl)cc1)C1(c2cc(F)ccc2F)CCC(OS(=O)(=O)NCCO)CC1. The molecule has 0 spiro atoms. The fraction of sp³-hybridized carbons (Fsp3) is 0.381. The molecular weight excluding hydrogens is 484 g/mol. The minimum absolute atomic E-state index is 0.0541. The highest BCUT2D eigenvalue weighted by atomic mass is 35.5. The second kappa shape index (κ2) is 9.74. The Bertz CT molecular complexity index is 1160. The normalized spacial score (nSPS) is 23.6. The lowest BCUT2D eigenvalue weighted by Gasteiger charge is -2.42. The van der Waals surface area contributed by atoms with E-state index in [2.05, 4.69) is 10.6 Å². The number of halogens is 3. The summed E-state index contributed by atoms with van der Waals surface area (Å²) in [4.78, 5) is 0.335. The van der Waals surface area contributed by atoms with Crippen molar-refractivity contribution in [3.8, 4) is 0 Å². The minimum atomic E-state index is -4.10. The van der Waals surface area contributed by atoms with Crippen molar-refractivity contribution in [1.29, 1.82) is 0 Å².